The number of rotatable bonds is 4. The lowest BCUT2D eigenvalue weighted by Crippen LogP contribution is -2.39. The third-order valence-electron chi connectivity index (χ3n) is 6.14. The van der Waals surface area contributed by atoms with Gasteiger partial charge in [0.15, 0.2) is 0 Å². The van der Waals surface area contributed by atoms with E-state index in [0.29, 0.717) is 11.3 Å². The van der Waals surface area contributed by atoms with Gasteiger partial charge in [0, 0.05) is 15.3 Å². The zero-order valence-electron chi connectivity index (χ0n) is 14.9. The van der Waals surface area contributed by atoms with Crippen LogP contribution in [0, 0.1) is 30.6 Å². The first kappa shape index (κ1) is 19.6. The quantitative estimate of drug-likeness (QED) is 0.475. The second-order valence-electron chi connectivity index (χ2n) is 7.65. The van der Waals surface area contributed by atoms with E-state index in [1.54, 1.807) is 13.0 Å². The molecule has 7 nitrogen and oxygen atoms in total. The summed E-state index contributed by atoms with van der Waals surface area (Å²) in [4.78, 5) is 50.7. The first-order valence-electron chi connectivity index (χ1n) is 8.98. The summed E-state index contributed by atoms with van der Waals surface area (Å²) in [6.07, 6.45) is 0.833. The lowest BCUT2D eigenvalue weighted by molar-refractivity contribution is -0.143. The smallest absolute Gasteiger partial charge is 0.335 e. The number of nitrogens with one attached hydrogen (secondary N) is 1. The third kappa shape index (κ3) is 2.90. The van der Waals surface area contributed by atoms with Crippen molar-refractivity contribution in [2.24, 2.45) is 23.7 Å². The number of fused-ring (bicyclic) bond motifs is 5. The Hall–Kier alpha value is -1.74. The van der Waals surface area contributed by atoms with E-state index in [4.69, 9.17) is 5.11 Å². The van der Waals surface area contributed by atoms with Crippen molar-refractivity contribution in [3.05, 3.63) is 29.3 Å². The summed E-state index contributed by atoms with van der Waals surface area (Å²) in [6.45, 7) is 1.38. The van der Waals surface area contributed by atoms with Crippen LogP contribution in [0.25, 0.3) is 0 Å². The number of likely N-dealkylation sites (tertiary alicyclic amines) is 1. The van der Waals surface area contributed by atoms with Gasteiger partial charge in [0.25, 0.3) is 0 Å². The minimum Gasteiger partial charge on any atom is -0.478 e. The Morgan fingerprint density at radius 3 is 2.25 bits per heavy atom. The number of hydrogen-bond acceptors (Lipinski definition) is 4. The van der Waals surface area contributed by atoms with Crippen molar-refractivity contribution in [2.45, 2.75) is 23.0 Å². The highest BCUT2D eigenvalue weighted by atomic mass is 79.9. The van der Waals surface area contributed by atoms with Crippen molar-refractivity contribution in [2.75, 3.05) is 11.9 Å². The second kappa shape index (κ2) is 6.95. The minimum absolute atomic E-state index is 0.0482. The van der Waals surface area contributed by atoms with Crippen molar-refractivity contribution < 1.29 is 24.3 Å². The second-order valence-corrected chi connectivity index (χ2v) is 9.76. The van der Waals surface area contributed by atoms with E-state index in [-0.39, 0.29) is 57.2 Å². The van der Waals surface area contributed by atoms with E-state index in [0.717, 1.165) is 11.3 Å². The van der Waals surface area contributed by atoms with Gasteiger partial charge in [-0.3, -0.25) is 19.3 Å². The Morgan fingerprint density at radius 1 is 1.14 bits per heavy atom. The molecule has 1 aromatic rings. The molecule has 9 heteroatoms. The number of aryl methyl sites for hydroxylation is 1. The molecule has 28 heavy (non-hydrogen) atoms. The minimum atomic E-state index is -1.10. The highest BCUT2D eigenvalue weighted by molar-refractivity contribution is 9.12. The maximum Gasteiger partial charge on any atom is 0.335 e. The molecule has 2 saturated carbocycles. The summed E-state index contributed by atoms with van der Waals surface area (Å²) in [5, 5.41) is 11.7. The van der Waals surface area contributed by atoms with Crippen molar-refractivity contribution in [1.82, 2.24) is 4.90 Å². The molecule has 0 radical (unpaired) electrons. The standard InChI is InChI=1S/C19H18Br2N2O5/c1-7-2-3-8(19(27)28)4-11(7)22-12(24)6-23-17(25)13-9-5-10(14(13)18(23)26)16(21)15(9)20/h2-4,9-10,13-16H,5-6H2,1H3,(H,22,24)(H,27,28)/t9-,10-,13-,14+,15+,16+/m1/s1. The van der Waals surface area contributed by atoms with Gasteiger partial charge in [-0.1, -0.05) is 37.9 Å². The number of halogens is 2. The molecule has 0 aromatic heterocycles. The maximum absolute atomic E-state index is 12.8. The SMILES string of the molecule is Cc1ccc(C(=O)O)cc1NC(=O)CN1C(=O)[C@@H]2[C@H]3C[C@@H]([C@H](Br)[C@H]3Br)[C@@H]2C1=O. The van der Waals surface area contributed by atoms with Gasteiger partial charge in [0.1, 0.15) is 6.54 Å². The molecular weight excluding hydrogens is 496 g/mol. The lowest BCUT2D eigenvalue weighted by Gasteiger charge is -2.28. The number of carboxylic acid groups (broad SMARTS) is 1. The van der Waals surface area contributed by atoms with Gasteiger partial charge in [-0.25, -0.2) is 4.79 Å². The topological polar surface area (TPSA) is 104 Å². The molecule has 1 aliphatic heterocycles. The van der Waals surface area contributed by atoms with Gasteiger partial charge in [0.05, 0.1) is 17.4 Å². The largest absolute Gasteiger partial charge is 0.478 e. The first-order chi connectivity index (χ1) is 13.2. The molecule has 0 spiro atoms. The number of carbonyl (C=O) groups excluding carboxylic acids is 3. The Labute approximate surface area is 178 Å². The lowest BCUT2D eigenvalue weighted by atomic mass is 9.81. The molecule has 6 atom stereocenters. The summed E-state index contributed by atoms with van der Waals surface area (Å²) in [5.41, 5.74) is 1.09. The van der Waals surface area contributed by atoms with Gasteiger partial charge in [-0.2, -0.15) is 0 Å². The summed E-state index contributed by atoms with van der Waals surface area (Å²) >= 11 is 7.26. The van der Waals surface area contributed by atoms with E-state index in [1.807, 2.05) is 0 Å². The number of imide groups is 1. The summed E-state index contributed by atoms with van der Waals surface area (Å²) < 4.78 is 0. The van der Waals surface area contributed by atoms with Crippen LogP contribution in [0.3, 0.4) is 0 Å². The Kier molecular flexibility index (Phi) is 4.86. The van der Waals surface area contributed by atoms with Crippen molar-refractivity contribution in [3.63, 3.8) is 0 Å². The van der Waals surface area contributed by atoms with Crippen LogP contribution < -0.4 is 5.32 Å². The van der Waals surface area contributed by atoms with E-state index >= 15 is 0 Å². The number of aromatic carboxylic acids is 1. The Bertz CT molecular complexity index is 872. The van der Waals surface area contributed by atoms with Crippen LogP contribution in [-0.2, 0) is 14.4 Å². The summed E-state index contributed by atoms with van der Waals surface area (Å²) in [5.74, 6) is -2.71. The molecular formula is C19H18Br2N2O5. The van der Waals surface area contributed by atoms with Crippen molar-refractivity contribution in [1.29, 1.82) is 0 Å². The van der Waals surface area contributed by atoms with Crippen LogP contribution in [-0.4, -0.2) is 49.9 Å². The van der Waals surface area contributed by atoms with Crippen LogP contribution in [0.4, 0.5) is 5.69 Å². The van der Waals surface area contributed by atoms with E-state index in [2.05, 4.69) is 37.2 Å². The van der Waals surface area contributed by atoms with Crippen LogP contribution >= 0.6 is 31.9 Å². The normalized spacial score (nSPS) is 33.3. The van der Waals surface area contributed by atoms with E-state index in [9.17, 15) is 19.2 Å². The highest BCUT2D eigenvalue weighted by Gasteiger charge is 2.66. The summed E-state index contributed by atoms with van der Waals surface area (Å²) in [7, 11) is 0. The molecule has 2 aliphatic carbocycles. The zero-order chi connectivity index (χ0) is 20.3. The molecule has 148 valence electrons. The fourth-order valence-corrected chi connectivity index (χ4v) is 6.66. The average Bonchev–Trinajstić information content (AvgIpc) is 3.24. The number of amides is 3. The van der Waals surface area contributed by atoms with Crippen LogP contribution in [0.2, 0.25) is 0 Å². The number of carbonyl (C=O) groups is 4. The molecule has 3 fully saturated rings. The number of carboxylic acids is 1. The average molecular weight is 514 g/mol. The molecule has 4 rings (SSSR count). The first-order valence-corrected chi connectivity index (χ1v) is 10.8. The van der Waals surface area contributed by atoms with Gasteiger partial charge < -0.3 is 10.4 Å². The number of alkyl halides is 2. The predicted octanol–water partition coefficient (Wildman–Crippen LogP) is 2.41. The molecule has 1 heterocycles. The molecule has 2 N–H and O–H groups in total. The molecule has 3 amide bonds. The van der Waals surface area contributed by atoms with E-state index < -0.39 is 11.9 Å². The maximum atomic E-state index is 12.8. The molecule has 3 aliphatic rings. The van der Waals surface area contributed by atoms with Crippen LogP contribution in [0.5, 0.6) is 0 Å². The molecule has 1 aromatic carbocycles. The van der Waals surface area contributed by atoms with Gasteiger partial charge in [-0.05, 0) is 42.9 Å². The van der Waals surface area contributed by atoms with Crippen LogP contribution in [0.1, 0.15) is 22.3 Å². The molecule has 2 bridgehead atoms. The number of benzene rings is 1. The molecule has 0 unspecified atom stereocenters. The van der Waals surface area contributed by atoms with Crippen molar-refractivity contribution in [3.8, 4) is 0 Å². The third-order valence-corrected chi connectivity index (χ3v) is 9.35. The number of nitrogens with zero attached hydrogens (tertiary/aromatic N) is 1. The number of hydrogen-bond donors (Lipinski definition) is 2. The van der Waals surface area contributed by atoms with Crippen molar-refractivity contribution >= 4 is 61.2 Å². The zero-order valence-corrected chi connectivity index (χ0v) is 18.1. The molecule has 1 saturated heterocycles. The van der Waals surface area contributed by atoms with E-state index in [1.165, 1.54) is 12.1 Å². The fourth-order valence-electron chi connectivity index (χ4n) is 4.79. The number of anilines is 1. The predicted molar refractivity (Wildman–Crippen MR) is 107 cm³/mol. The Balaban J connectivity index is 1.49. The Morgan fingerprint density at radius 2 is 1.71 bits per heavy atom. The summed E-state index contributed by atoms with van der Waals surface area (Å²) in [6, 6.07) is 4.41. The van der Waals surface area contributed by atoms with Gasteiger partial charge in [-0.15, -0.1) is 0 Å². The monoisotopic (exact) mass is 512 g/mol. The highest BCUT2D eigenvalue weighted by Crippen LogP contribution is 2.60. The van der Waals surface area contributed by atoms with Gasteiger partial charge in [0.2, 0.25) is 17.7 Å². The van der Waals surface area contributed by atoms with Gasteiger partial charge >= 0.3 is 5.97 Å². The fraction of sp³-hybridized carbons (Fsp3) is 0.474. The van der Waals surface area contributed by atoms with Crippen LogP contribution in [0.15, 0.2) is 18.2 Å².